The Bertz CT molecular complexity index is 1820. The van der Waals surface area contributed by atoms with Gasteiger partial charge in [0.05, 0.1) is 88.3 Å². The molecule has 2 heterocycles. The number of ether oxygens (including phenoxy) is 5. The molecule has 388 valence electrons. The normalized spacial score (nSPS) is 18.0. The molecule has 3 rings (SSSR count). The van der Waals surface area contributed by atoms with Crippen LogP contribution < -0.4 is 10.6 Å². The molecule has 6 amide bonds. The number of carbonyl (C=O) groups excluding carboxylic acids is 6. The number of thiocarbonyl (C=S) groups is 1. The van der Waals surface area contributed by atoms with Crippen LogP contribution in [0.5, 0.6) is 0 Å². The van der Waals surface area contributed by atoms with Gasteiger partial charge >= 0.3 is 0 Å². The Labute approximate surface area is 416 Å². The molecule has 2 aliphatic heterocycles. The van der Waals surface area contributed by atoms with E-state index < -0.39 is 30.1 Å². The van der Waals surface area contributed by atoms with Crippen molar-refractivity contribution in [2.75, 3.05) is 87.6 Å². The summed E-state index contributed by atoms with van der Waals surface area (Å²) in [5.41, 5.74) is 1.22. The van der Waals surface area contributed by atoms with Crippen LogP contribution in [0.4, 0.5) is 0 Å². The highest BCUT2D eigenvalue weighted by molar-refractivity contribution is 7.80. The summed E-state index contributed by atoms with van der Waals surface area (Å²) in [6, 6.07) is 7.75. The lowest BCUT2D eigenvalue weighted by Gasteiger charge is -2.41. The SMILES string of the molecule is CC[C@H](C)[C@@H]([C@@H](CC(=O)N1CCC[C@H]1[C@H](OC)[C@@H](C)C(=S)NCCc1ccccc1)OC)N(C)C(=O)[C@@H](NC(=O)[C@H](C(C)C)N(C)C(=O)CCOCCOCCOCCN1C(=O)C=CC1=O)C(C)C. The lowest BCUT2D eigenvalue weighted by atomic mass is 9.89. The van der Waals surface area contributed by atoms with Gasteiger partial charge in [0.1, 0.15) is 12.1 Å². The third-order valence-corrected chi connectivity index (χ3v) is 13.8. The first-order valence-electron chi connectivity index (χ1n) is 24.7. The molecule has 1 saturated heterocycles. The third kappa shape index (κ3) is 17.8. The number of amides is 6. The van der Waals surface area contributed by atoms with Crippen molar-refractivity contribution in [2.45, 2.75) is 123 Å². The van der Waals surface area contributed by atoms with Crippen molar-refractivity contribution in [1.29, 1.82) is 0 Å². The molecule has 0 unspecified atom stereocenters. The number of carbonyl (C=O) groups is 6. The van der Waals surface area contributed by atoms with Gasteiger partial charge in [-0.15, -0.1) is 0 Å². The maximum Gasteiger partial charge on any atom is 0.253 e. The summed E-state index contributed by atoms with van der Waals surface area (Å²) in [4.78, 5) is 86.4. The van der Waals surface area contributed by atoms with Crippen LogP contribution in [0.2, 0.25) is 0 Å². The van der Waals surface area contributed by atoms with Crippen LogP contribution in [-0.4, -0.2) is 184 Å². The Morgan fingerprint density at radius 2 is 1.43 bits per heavy atom. The van der Waals surface area contributed by atoms with Crippen LogP contribution in [0.15, 0.2) is 42.5 Å². The number of nitrogens with one attached hydrogen (secondary N) is 2. The van der Waals surface area contributed by atoms with E-state index >= 15 is 0 Å². The van der Waals surface area contributed by atoms with Crippen molar-refractivity contribution in [2.24, 2.45) is 23.7 Å². The lowest BCUT2D eigenvalue weighted by Crippen LogP contribution is -2.60. The second-order valence-electron chi connectivity index (χ2n) is 18.8. The van der Waals surface area contributed by atoms with E-state index in [9.17, 15) is 28.8 Å². The second-order valence-corrected chi connectivity index (χ2v) is 19.2. The quantitative estimate of drug-likeness (QED) is 0.0600. The van der Waals surface area contributed by atoms with Crippen molar-refractivity contribution in [3.05, 3.63) is 48.0 Å². The van der Waals surface area contributed by atoms with Gasteiger partial charge in [0.15, 0.2) is 0 Å². The maximum absolute atomic E-state index is 14.6. The van der Waals surface area contributed by atoms with Crippen LogP contribution in [-0.2, 0) is 58.9 Å². The molecule has 0 radical (unpaired) electrons. The summed E-state index contributed by atoms with van der Waals surface area (Å²) in [7, 11) is 6.53. The molecule has 2 aliphatic rings. The molecule has 69 heavy (non-hydrogen) atoms. The van der Waals surface area contributed by atoms with Crippen molar-refractivity contribution in [3.8, 4) is 0 Å². The smallest absolute Gasteiger partial charge is 0.253 e. The van der Waals surface area contributed by atoms with E-state index in [1.165, 1.54) is 22.6 Å². The van der Waals surface area contributed by atoms with E-state index in [1.54, 1.807) is 33.2 Å². The Morgan fingerprint density at radius 1 is 0.826 bits per heavy atom. The van der Waals surface area contributed by atoms with Gasteiger partial charge in [-0.1, -0.05) is 97.4 Å². The number of likely N-dealkylation sites (N-methyl/N-ethyl adjacent to an activating group) is 2. The van der Waals surface area contributed by atoms with Crippen molar-refractivity contribution >= 4 is 52.6 Å². The van der Waals surface area contributed by atoms with Gasteiger partial charge < -0.3 is 49.0 Å². The van der Waals surface area contributed by atoms with Gasteiger partial charge in [0, 0.05) is 59.5 Å². The number of rotatable bonds is 32. The minimum Gasteiger partial charge on any atom is -0.379 e. The molecular formula is C51H82N6O11S. The van der Waals surface area contributed by atoms with Gasteiger partial charge in [0.25, 0.3) is 11.8 Å². The van der Waals surface area contributed by atoms with Crippen molar-refractivity contribution in [3.63, 3.8) is 0 Å². The average Bonchev–Trinajstić information content (AvgIpc) is 3.94. The standard InChI is InChI=1S/C51H82N6O11S/c1-12-36(6)47(40(64-10)33-44(61)56-25-16-19-39(56)48(65-11)37(7)50(69)52-24-22-38-17-14-13-15-18-38)55(9)51(63)45(34(2)3)53-49(62)46(35(4)5)54(8)41(58)23-27-66-29-31-68-32-30-67-28-26-57-42(59)20-21-43(57)60/h13-15,17-18,20-21,34-37,39-40,45-48H,12,16,19,22-33H2,1-11H3,(H,52,69)(H,53,62)/t36-,37+,39-,40+,45-,46-,47-,48+/m0/s1. The van der Waals surface area contributed by atoms with Gasteiger partial charge in [-0.2, -0.15) is 0 Å². The monoisotopic (exact) mass is 987 g/mol. The molecule has 8 atom stereocenters. The Morgan fingerprint density at radius 3 is 2.00 bits per heavy atom. The molecule has 1 aromatic rings. The number of benzene rings is 1. The van der Waals surface area contributed by atoms with E-state index in [2.05, 4.69) is 22.8 Å². The summed E-state index contributed by atoms with van der Waals surface area (Å²) in [6.45, 7) is 16.4. The Balaban J connectivity index is 1.56. The summed E-state index contributed by atoms with van der Waals surface area (Å²) in [6.07, 6.45) is 4.72. The summed E-state index contributed by atoms with van der Waals surface area (Å²) >= 11 is 5.84. The first-order chi connectivity index (χ1) is 32.9. The molecule has 0 saturated carbocycles. The highest BCUT2D eigenvalue weighted by Crippen LogP contribution is 2.30. The molecule has 0 aliphatic carbocycles. The van der Waals surface area contributed by atoms with Crippen molar-refractivity contribution in [1.82, 2.24) is 30.2 Å². The average molecular weight is 987 g/mol. The summed E-state index contributed by atoms with van der Waals surface area (Å²) < 4.78 is 28.7. The lowest BCUT2D eigenvalue weighted by molar-refractivity contribution is -0.148. The van der Waals surface area contributed by atoms with Crippen LogP contribution in [0.1, 0.15) is 86.1 Å². The number of methoxy groups -OCH3 is 2. The molecule has 1 aromatic carbocycles. The largest absolute Gasteiger partial charge is 0.379 e. The van der Waals surface area contributed by atoms with Crippen molar-refractivity contribution < 1.29 is 52.5 Å². The first-order valence-corrected chi connectivity index (χ1v) is 25.1. The minimum atomic E-state index is -0.923. The third-order valence-electron chi connectivity index (χ3n) is 13.3. The molecule has 17 nitrogen and oxygen atoms in total. The fraction of sp³-hybridized carbons (Fsp3) is 0.706. The van der Waals surface area contributed by atoms with Crippen LogP contribution in [0.3, 0.4) is 0 Å². The van der Waals surface area contributed by atoms with E-state index in [-0.39, 0.29) is 124 Å². The van der Waals surface area contributed by atoms with Crippen LogP contribution in [0, 0.1) is 23.7 Å². The molecule has 2 N–H and O–H groups in total. The van der Waals surface area contributed by atoms with Gasteiger partial charge in [0.2, 0.25) is 23.6 Å². The highest BCUT2D eigenvalue weighted by atomic mass is 32.1. The topological polar surface area (TPSA) is 186 Å². The molecule has 0 bridgehead atoms. The molecule has 1 fully saturated rings. The zero-order valence-corrected chi connectivity index (χ0v) is 43.9. The fourth-order valence-electron chi connectivity index (χ4n) is 9.18. The molecule has 0 spiro atoms. The van der Waals surface area contributed by atoms with E-state index in [4.69, 9.17) is 35.9 Å². The number of nitrogens with zero attached hydrogens (tertiary/aromatic N) is 4. The Kier molecular flexibility index (Phi) is 26.0. The zero-order chi connectivity index (χ0) is 51.2. The minimum absolute atomic E-state index is 0.0328. The Hall–Kier alpha value is -4.33. The molecule has 18 heteroatoms. The highest BCUT2D eigenvalue weighted by Gasteiger charge is 2.43. The predicted octanol–water partition coefficient (Wildman–Crippen LogP) is 4.06. The van der Waals surface area contributed by atoms with Gasteiger partial charge in [-0.05, 0) is 42.6 Å². The second kappa shape index (κ2) is 30.4. The fourth-order valence-corrected chi connectivity index (χ4v) is 9.42. The zero-order valence-electron chi connectivity index (χ0n) is 43.1. The summed E-state index contributed by atoms with van der Waals surface area (Å²) in [5.74, 6) is -2.62. The summed E-state index contributed by atoms with van der Waals surface area (Å²) in [5, 5.41) is 6.41. The molecular weight excluding hydrogens is 905 g/mol. The van der Waals surface area contributed by atoms with Gasteiger partial charge in [-0.25, -0.2) is 0 Å². The van der Waals surface area contributed by atoms with Crippen LogP contribution >= 0.6 is 12.2 Å². The molecule has 0 aromatic heterocycles. The number of imide groups is 1. The number of hydrogen-bond acceptors (Lipinski definition) is 12. The predicted molar refractivity (Wildman–Crippen MR) is 268 cm³/mol. The number of hydrogen-bond donors (Lipinski definition) is 2. The van der Waals surface area contributed by atoms with E-state index in [1.807, 2.05) is 71.6 Å². The number of likely N-dealkylation sites (tertiary alicyclic amines) is 1. The van der Waals surface area contributed by atoms with Crippen LogP contribution in [0.25, 0.3) is 0 Å². The van der Waals surface area contributed by atoms with E-state index in [0.29, 0.717) is 24.5 Å². The van der Waals surface area contributed by atoms with Gasteiger partial charge in [-0.3, -0.25) is 33.7 Å². The maximum atomic E-state index is 14.6. The first kappa shape index (κ1) is 59.0. The van der Waals surface area contributed by atoms with E-state index in [0.717, 1.165) is 24.2 Å².